The summed E-state index contributed by atoms with van der Waals surface area (Å²) in [6.45, 7) is 1.91. The number of halogens is 1. The predicted octanol–water partition coefficient (Wildman–Crippen LogP) is 3.17. The lowest BCUT2D eigenvalue weighted by Crippen LogP contribution is -2.15. The number of benzene rings is 1. The van der Waals surface area contributed by atoms with E-state index in [2.05, 4.69) is 0 Å². The van der Waals surface area contributed by atoms with Crippen LogP contribution in [0.5, 0.6) is 11.5 Å². The van der Waals surface area contributed by atoms with Crippen molar-refractivity contribution in [3.05, 3.63) is 22.2 Å². The average molecular weight is 285 g/mol. The van der Waals surface area contributed by atoms with Crippen LogP contribution in [0.1, 0.15) is 30.4 Å². The highest BCUT2D eigenvalue weighted by Crippen LogP contribution is 2.55. The maximum atomic E-state index is 11.0. The molecule has 19 heavy (non-hydrogen) atoms. The Labute approximate surface area is 117 Å². The Morgan fingerprint density at radius 1 is 1.37 bits per heavy atom. The fourth-order valence-corrected chi connectivity index (χ4v) is 2.94. The third kappa shape index (κ3) is 2.37. The molecule has 0 bridgehead atoms. The molecule has 1 aromatic rings. The molecule has 1 saturated carbocycles. The molecule has 0 spiro atoms. The van der Waals surface area contributed by atoms with E-state index in [1.165, 1.54) is 7.11 Å². The molecule has 2 rings (SSSR count). The largest absolute Gasteiger partial charge is 0.493 e. The van der Waals surface area contributed by atoms with Crippen LogP contribution in [-0.4, -0.2) is 25.3 Å². The number of ether oxygens (including phenoxy) is 2. The molecule has 0 aliphatic heterocycles. The molecule has 1 aromatic carbocycles. The van der Waals surface area contributed by atoms with E-state index in [-0.39, 0.29) is 11.8 Å². The first kappa shape index (κ1) is 14.0. The predicted molar refractivity (Wildman–Crippen MR) is 72.5 cm³/mol. The first-order valence-corrected chi connectivity index (χ1v) is 6.46. The van der Waals surface area contributed by atoms with Gasteiger partial charge in [-0.25, -0.2) is 0 Å². The van der Waals surface area contributed by atoms with Crippen molar-refractivity contribution in [3.63, 3.8) is 0 Å². The second-order valence-corrected chi connectivity index (χ2v) is 5.36. The van der Waals surface area contributed by atoms with E-state index in [9.17, 15) is 4.79 Å². The Kier molecular flexibility index (Phi) is 3.63. The highest BCUT2D eigenvalue weighted by atomic mass is 35.5. The van der Waals surface area contributed by atoms with E-state index in [0.717, 1.165) is 24.0 Å². The van der Waals surface area contributed by atoms with Gasteiger partial charge in [-0.15, -0.1) is 0 Å². The maximum absolute atomic E-state index is 11.0. The van der Waals surface area contributed by atoms with Gasteiger partial charge in [0.05, 0.1) is 25.7 Å². The van der Waals surface area contributed by atoms with Crippen molar-refractivity contribution < 1.29 is 19.4 Å². The summed E-state index contributed by atoms with van der Waals surface area (Å²) in [6, 6.07) is 1.81. The molecule has 1 aliphatic carbocycles. The summed E-state index contributed by atoms with van der Waals surface area (Å²) >= 11 is 6.20. The van der Waals surface area contributed by atoms with Crippen molar-refractivity contribution in [2.45, 2.75) is 31.6 Å². The van der Waals surface area contributed by atoms with Crippen molar-refractivity contribution in [1.82, 2.24) is 0 Å². The third-order valence-electron chi connectivity index (χ3n) is 3.76. The fourth-order valence-electron chi connectivity index (χ4n) is 2.67. The zero-order valence-electron chi connectivity index (χ0n) is 11.2. The number of aliphatic carboxylic acids is 1. The standard InChI is InChI=1S/C14H17ClO4/c1-8-9(14(4-5-14)7-11(16)17)6-10(15)13(19-3)12(8)18-2/h6H,4-5,7H2,1-3H3,(H,16,17). The molecule has 5 heteroatoms. The van der Waals surface area contributed by atoms with E-state index in [1.54, 1.807) is 7.11 Å². The number of rotatable bonds is 5. The second kappa shape index (κ2) is 4.93. The lowest BCUT2D eigenvalue weighted by atomic mass is 9.88. The molecule has 0 saturated heterocycles. The molecular formula is C14H17ClO4. The highest BCUT2D eigenvalue weighted by Gasteiger charge is 2.47. The van der Waals surface area contributed by atoms with Crippen LogP contribution in [0.2, 0.25) is 5.02 Å². The number of hydrogen-bond donors (Lipinski definition) is 1. The van der Waals surface area contributed by atoms with Gasteiger partial charge >= 0.3 is 5.97 Å². The Morgan fingerprint density at radius 2 is 1.95 bits per heavy atom. The maximum Gasteiger partial charge on any atom is 0.304 e. The van der Waals surface area contributed by atoms with Gasteiger partial charge < -0.3 is 14.6 Å². The van der Waals surface area contributed by atoms with Crippen molar-refractivity contribution >= 4 is 17.6 Å². The fraction of sp³-hybridized carbons (Fsp3) is 0.500. The van der Waals surface area contributed by atoms with Crippen LogP contribution in [0.4, 0.5) is 0 Å². The number of hydrogen-bond acceptors (Lipinski definition) is 3. The third-order valence-corrected chi connectivity index (χ3v) is 4.04. The minimum atomic E-state index is -0.789. The second-order valence-electron chi connectivity index (χ2n) is 4.95. The molecule has 0 amide bonds. The van der Waals surface area contributed by atoms with E-state index in [1.807, 2.05) is 13.0 Å². The molecule has 1 N–H and O–H groups in total. The summed E-state index contributed by atoms with van der Waals surface area (Å²) in [5.74, 6) is 0.293. The SMILES string of the molecule is COc1c(Cl)cc(C2(CC(=O)O)CC2)c(C)c1OC. The minimum absolute atomic E-state index is 0.125. The molecule has 104 valence electrons. The monoisotopic (exact) mass is 284 g/mol. The van der Waals surface area contributed by atoms with Crippen LogP contribution >= 0.6 is 11.6 Å². The first-order valence-electron chi connectivity index (χ1n) is 6.08. The Balaban J connectivity index is 2.54. The van der Waals surface area contributed by atoms with Crippen LogP contribution in [0.3, 0.4) is 0 Å². The van der Waals surface area contributed by atoms with Crippen molar-refractivity contribution in [2.24, 2.45) is 0 Å². The van der Waals surface area contributed by atoms with Gasteiger partial charge in [-0.1, -0.05) is 11.6 Å². The molecule has 0 heterocycles. The van der Waals surface area contributed by atoms with Crippen LogP contribution in [0.25, 0.3) is 0 Å². The Bertz CT molecular complexity index is 521. The van der Waals surface area contributed by atoms with Gasteiger partial charge in [-0.3, -0.25) is 4.79 Å². The number of carbonyl (C=O) groups is 1. The normalized spacial score (nSPS) is 16.0. The van der Waals surface area contributed by atoms with Gasteiger partial charge in [0.15, 0.2) is 11.5 Å². The summed E-state index contributed by atoms with van der Waals surface area (Å²) in [6.07, 6.45) is 1.86. The van der Waals surface area contributed by atoms with Crippen molar-refractivity contribution in [2.75, 3.05) is 14.2 Å². The molecule has 1 fully saturated rings. The van der Waals surface area contributed by atoms with Crippen LogP contribution in [-0.2, 0) is 10.2 Å². The summed E-state index contributed by atoms with van der Waals surface area (Å²) < 4.78 is 10.6. The van der Waals surface area contributed by atoms with Gasteiger partial charge in [0, 0.05) is 5.41 Å². The van der Waals surface area contributed by atoms with Crippen LogP contribution in [0.15, 0.2) is 6.07 Å². The van der Waals surface area contributed by atoms with E-state index >= 15 is 0 Å². The van der Waals surface area contributed by atoms with Crippen molar-refractivity contribution in [3.8, 4) is 11.5 Å². The number of methoxy groups -OCH3 is 2. The Morgan fingerprint density at radius 3 is 2.37 bits per heavy atom. The minimum Gasteiger partial charge on any atom is -0.493 e. The lowest BCUT2D eigenvalue weighted by Gasteiger charge is -2.21. The number of carboxylic acid groups (broad SMARTS) is 1. The van der Waals surface area contributed by atoms with Gasteiger partial charge in [-0.05, 0) is 37.0 Å². The molecule has 4 nitrogen and oxygen atoms in total. The molecule has 1 aliphatic rings. The van der Waals surface area contributed by atoms with Crippen LogP contribution in [0, 0.1) is 6.92 Å². The van der Waals surface area contributed by atoms with Crippen LogP contribution < -0.4 is 9.47 Å². The van der Waals surface area contributed by atoms with E-state index in [4.69, 9.17) is 26.2 Å². The first-order chi connectivity index (χ1) is 8.95. The zero-order valence-corrected chi connectivity index (χ0v) is 12.0. The molecule has 0 unspecified atom stereocenters. The number of carboxylic acids is 1. The summed E-state index contributed by atoms with van der Waals surface area (Å²) in [4.78, 5) is 11.0. The highest BCUT2D eigenvalue weighted by molar-refractivity contribution is 6.32. The molecule has 0 atom stereocenters. The van der Waals surface area contributed by atoms with E-state index in [0.29, 0.717) is 16.5 Å². The summed E-state index contributed by atoms with van der Waals surface area (Å²) in [5.41, 5.74) is 1.57. The van der Waals surface area contributed by atoms with Gasteiger partial charge in [-0.2, -0.15) is 0 Å². The lowest BCUT2D eigenvalue weighted by molar-refractivity contribution is -0.137. The van der Waals surface area contributed by atoms with Gasteiger partial charge in [0.25, 0.3) is 0 Å². The molecule has 0 aromatic heterocycles. The zero-order chi connectivity index (χ0) is 14.2. The topological polar surface area (TPSA) is 55.8 Å². The quantitative estimate of drug-likeness (QED) is 0.902. The smallest absolute Gasteiger partial charge is 0.304 e. The summed E-state index contributed by atoms with van der Waals surface area (Å²) in [5, 5.41) is 9.50. The molecular weight excluding hydrogens is 268 g/mol. The molecule has 0 radical (unpaired) electrons. The van der Waals surface area contributed by atoms with Crippen molar-refractivity contribution in [1.29, 1.82) is 0 Å². The Hall–Kier alpha value is -1.42. The van der Waals surface area contributed by atoms with Gasteiger partial charge in [0.2, 0.25) is 0 Å². The summed E-state index contributed by atoms with van der Waals surface area (Å²) in [7, 11) is 3.09. The van der Waals surface area contributed by atoms with Gasteiger partial charge in [0.1, 0.15) is 0 Å². The van der Waals surface area contributed by atoms with E-state index < -0.39 is 5.97 Å². The average Bonchev–Trinajstić information content (AvgIpc) is 3.10.